The number of anilines is 1. The number of halogens is 1. The van der Waals surface area contributed by atoms with Gasteiger partial charge in [0, 0.05) is 13.0 Å². The third kappa shape index (κ3) is 4.22. The van der Waals surface area contributed by atoms with Crippen LogP contribution >= 0.6 is 11.6 Å². The van der Waals surface area contributed by atoms with Gasteiger partial charge in [-0.2, -0.15) is 10.2 Å². The van der Waals surface area contributed by atoms with Crippen LogP contribution in [0, 0.1) is 13.8 Å². The molecule has 2 aromatic heterocycles. The van der Waals surface area contributed by atoms with Gasteiger partial charge in [0.25, 0.3) is 5.56 Å². The van der Waals surface area contributed by atoms with Crippen molar-refractivity contribution in [3.05, 3.63) is 81.4 Å². The standard InChI is InChI=1S/C23H22ClN5O2/c1-15-21-16(2)29(17-9-4-3-5-10-17)27-22(21)23(31)28(26-15)14-8-13-20(30)25-19-12-7-6-11-18(19)24/h3-7,9-12H,8,13-14H2,1-2H3,(H,25,30). The predicted molar refractivity (Wildman–Crippen MR) is 122 cm³/mol. The molecule has 0 atom stereocenters. The van der Waals surface area contributed by atoms with Gasteiger partial charge in [0.1, 0.15) is 0 Å². The van der Waals surface area contributed by atoms with Crippen molar-refractivity contribution in [1.29, 1.82) is 0 Å². The Morgan fingerprint density at radius 3 is 2.48 bits per heavy atom. The van der Waals surface area contributed by atoms with Gasteiger partial charge in [-0.15, -0.1) is 0 Å². The number of nitrogens with one attached hydrogen (secondary N) is 1. The maximum Gasteiger partial charge on any atom is 0.295 e. The maximum absolute atomic E-state index is 13.0. The molecule has 0 saturated heterocycles. The van der Waals surface area contributed by atoms with Gasteiger partial charge in [0.05, 0.1) is 33.2 Å². The van der Waals surface area contributed by atoms with Gasteiger partial charge in [0.2, 0.25) is 5.91 Å². The molecule has 0 fully saturated rings. The molecule has 0 unspecified atom stereocenters. The molecule has 7 nitrogen and oxygen atoms in total. The van der Waals surface area contributed by atoms with Crippen molar-refractivity contribution in [3.8, 4) is 5.69 Å². The molecule has 1 N–H and O–H groups in total. The molecule has 2 aromatic carbocycles. The molecule has 31 heavy (non-hydrogen) atoms. The Balaban J connectivity index is 1.52. The molecule has 0 aliphatic rings. The van der Waals surface area contributed by atoms with E-state index in [0.717, 1.165) is 22.5 Å². The number of benzene rings is 2. The Morgan fingerprint density at radius 1 is 1.03 bits per heavy atom. The summed E-state index contributed by atoms with van der Waals surface area (Å²) < 4.78 is 3.16. The second-order valence-corrected chi connectivity index (χ2v) is 7.71. The van der Waals surface area contributed by atoms with Crippen molar-refractivity contribution in [1.82, 2.24) is 19.6 Å². The first-order valence-electron chi connectivity index (χ1n) is 10.0. The van der Waals surface area contributed by atoms with Gasteiger partial charge in [-0.05, 0) is 44.5 Å². The Bertz CT molecular complexity index is 1310. The van der Waals surface area contributed by atoms with E-state index >= 15 is 0 Å². The van der Waals surface area contributed by atoms with E-state index in [9.17, 15) is 9.59 Å². The van der Waals surface area contributed by atoms with E-state index in [1.807, 2.05) is 44.2 Å². The highest BCUT2D eigenvalue weighted by Gasteiger charge is 2.17. The van der Waals surface area contributed by atoms with Crippen LogP contribution in [0.3, 0.4) is 0 Å². The van der Waals surface area contributed by atoms with E-state index in [4.69, 9.17) is 11.6 Å². The smallest absolute Gasteiger partial charge is 0.295 e. The molecule has 0 saturated carbocycles. The summed E-state index contributed by atoms with van der Waals surface area (Å²) in [5.41, 5.74) is 3.19. The number of hydrogen-bond donors (Lipinski definition) is 1. The molecule has 1 amide bonds. The highest BCUT2D eigenvalue weighted by Crippen LogP contribution is 2.22. The summed E-state index contributed by atoms with van der Waals surface area (Å²) in [6, 6.07) is 16.7. The maximum atomic E-state index is 13.0. The molecule has 0 aliphatic heterocycles. The van der Waals surface area contributed by atoms with E-state index < -0.39 is 0 Å². The van der Waals surface area contributed by atoms with Crippen molar-refractivity contribution in [3.63, 3.8) is 0 Å². The number of hydrogen-bond acceptors (Lipinski definition) is 4. The lowest BCUT2D eigenvalue weighted by Crippen LogP contribution is -2.25. The topological polar surface area (TPSA) is 81.8 Å². The second-order valence-electron chi connectivity index (χ2n) is 7.30. The van der Waals surface area contributed by atoms with Gasteiger partial charge in [-0.1, -0.05) is 41.9 Å². The zero-order valence-electron chi connectivity index (χ0n) is 17.3. The van der Waals surface area contributed by atoms with Crippen LogP contribution in [-0.4, -0.2) is 25.5 Å². The van der Waals surface area contributed by atoms with Crippen molar-refractivity contribution >= 4 is 34.1 Å². The average Bonchev–Trinajstić information content (AvgIpc) is 3.12. The first-order valence-corrected chi connectivity index (χ1v) is 10.4. The van der Waals surface area contributed by atoms with E-state index in [2.05, 4.69) is 15.5 Å². The van der Waals surface area contributed by atoms with Crippen molar-refractivity contribution in [2.75, 3.05) is 5.32 Å². The summed E-state index contributed by atoms with van der Waals surface area (Å²) in [4.78, 5) is 25.2. The zero-order chi connectivity index (χ0) is 22.0. The van der Waals surface area contributed by atoms with Crippen LogP contribution in [-0.2, 0) is 11.3 Å². The van der Waals surface area contributed by atoms with E-state index in [0.29, 0.717) is 29.2 Å². The molecule has 0 spiro atoms. The Hall–Kier alpha value is -3.45. The van der Waals surface area contributed by atoms with Gasteiger partial charge >= 0.3 is 0 Å². The summed E-state index contributed by atoms with van der Waals surface area (Å²) in [5.74, 6) is -0.164. The molecular formula is C23H22ClN5O2. The SMILES string of the molecule is Cc1nn(CCCC(=O)Nc2ccccc2Cl)c(=O)c2nn(-c3ccccc3)c(C)c12. The lowest BCUT2D eigenvalue weighted by Gasteiger charge is -2.08. The van der Waals surface area contributed by atoms with Crippen LogP contribution in [0.1, 0.15) is 24.2 Å². The number of fused-ring (bicyclic) bond motifs is 1. The lowest BCUT2D eigenvalue weighted by molar-refractivity contribution is -0.116. The first-order chi connectivity index (χ1) is 15.0. The number of aromatic nitrogens is 4. The summed E-state index contributed by atoms with van der Waals surface area (Å²) in [7, 11) is 0. The molecule has 0 radical (unpaired) electrons. The molecule has 4 aromatic rings. The number of para-hydroxylation sites is 2. The van der Waals surface area contributed by atoms with Crippen LogP contribution in [0.4, 0.5) is 5.69 Å². The van der Waals surface area contributed by atoms with Gasteiger partial charge in [-0.25, -0.2) is 9.36 Å². The molecule has 8 heteroatoms. The highest BCUT2D eigenvalue weighted by molar-refractivity contribution is 6.33. The number of amides is 1. The number of carbonyl (C=O) groups excluding carboxylic acids is 1. The molecule has 2 heterocycles. The fourth-order valence-electron chi connectivity index (χ4n) is 3.62. The monoisotopic (exact) mass is 435 g/mol. The zero-order valence-corrected chi connectivity index (χ0v) is 18.1. The fourth-order valence-corrected chi connectivity index (χ4v) is 3.80. The van der Waals surface area contributed by atoms with Crippen LogP contribution in [0.25, 0.3) is 16.6 Å². The minimum absolute atomic E-state index is 0.164. The number of nitrogens with zero attached hydrogens (tertiary/aromatic N) is 4. The second kappa shape index (κ2) is 8.73. The quantitative estimate of drug-likeness (QED) is 0.490. The minimum Gasteiger partial charge on any atom is -0.325 e. The summed E-state index contributed by atoms with van der Waals surface area (Å²) in [5, 5.41) is 13.1. The van der Waals surface area contributed by atoms with Crippen LogP contribution < -0.4 is 10.9 Å². The van der Waals surface area contributed by atoms with Crippen LogP contribution in [0.5, 0.6) is 0 Å². The van der Waals surface area contributed by atoms with Gasteiger partial charge in [0.15, 0.2) is 5.52 Å². The van der Waals surface area contributed by atoms with Gasteiger partial charge < -0.3 is 5.32 Å². The molecule has 158 valence electrons. The van der Waals surface area contributed by atoms with E-state index in [1.54, 1.807) is 28.9 Å². The Labute approximate surface area is 184 Å². The van der Waals surface area contributed by atoms with Gasteiger partial charge in [-0.3, -0.25) is 9.59 Å². The summed E-state index contributed by atoms with van der Waals surface area (Å²) >= 11 is 6.07. The number of rotatable bonds is 6. The summed E-state index contributed by atoms with van der Waals surface area (Å²) in [6.45, 7) is 4.12. The van der Waals surface area contributed by atoms with Crippen molar-refractivity contribution in [2.24, 2.45) is 0 Å². The number of carbonyl (C=O) groups is 1. The minimum atomic E-state index is -0.259. The highest BCUT2D eigenvalue weighted by atomic mass is 35.5. The van der Waals surface area contributed by atoms with Crippen LogP contribution in [0.15, 0.2) is 59.4 Å². The molecular weight excluding hydrogens is 414 g/mol. The van der Waals surface area contributed by atoms with E-state index in [-0.39, 0.29) is 17.9 Å². The Morgan fingerprint density at radius 2 is 1.74 bits per heavy atom. The fraction of sp³-hybridized carbons (Fsp3) is 0.217. The van der Waals surface area contributed by atoms with Crippen molar-refractivity contribution in [2.45, 2.75) is 33.2 Å². The predicted octanol–water partition coefficient (Wildman–Crippen LogP) is 4.27. The summed E-state index contributed by atoms with van der Waals surface area (Å²) in [6.07, 6.45) is 0.709. The number of aryl methyl sites for hydroxylation is 3. The Kier molecular flexibility index (Phi) is 5.86. The van der Waals surface area contributed by atoms with Crippen molar-refractivity contribution < 1.29 is 4.79 Å². The third-order valence-electron chi connectivity index (χ3n) is 5.11. The molecule has 0 aliphatic carbocycles. The lowest BCUT2D eigenvalue weighted by atomic mass is 10.2. The van der Waals surface area contributed by atoms with E-state index in [1.165, 1.54) is 4.68 Å². The normalized spacial score (nSPS) is 11.1. The molecule has 0 bridgehead atoms. The first kappa shape index (κ1) is 20.8. The third-order valence-corrected chi connectivity index (χ3v) is 5.44. The average molecular weight is 436 g/mol. The molecule has 4 rings (SSSR count). The largest absolute Gasteiger partial charge is 0.325 e. The van der Waals surface area contributed by atoms with Crippen LogP contribution in [0.2, 0.25) is 5.02 Å².